The summed E-state index contributed by atoms with van der Waals surface area (Å²) in [4.78, 5) is 0.0508. The minimum absolute atomic E-state index is 0.0508. The van der Waals surface area contributed by atoms with Crippen LogP contribution in [0.15, 0.2) is 22.7 Å². The molecular formula is C13H16Br2O3S. The highest BCUT2D eigenvalue weighted by Gasteiger charge is 2.33. The van der Waals surface area contributed by atoms with Gasteiger partial charge in [-0.3, -0.25) is 0 Å². The molecule has 2 atom stereocenters. The number of hydrogen-bond donors (Lipinski definition) is 0. The van der Waals surface area contributed by atoms with Crippen LogP contribution in [0.1, 0.15) is 23.7 Å². The van der Waals surface area contributed by atoms with Crippen LogP contribution in [-0.2, 0) is 9.84 Å². The van der Waals surface area contributed by atoms with E-state index >= 15 is 0 Å². The Kier molecular flexibility index (Phi) is 4.95. The lowest BCUT2D eigenvalue weighted by Gasteiger charge is -2.18. The van der Waals surface area contributed by atoms with Gasteiger partial charge in [-0.1, -0.05) is 37.9 Å². The van der Waals surface area contributed by atoms with Crippen LogP contribution >= 0.6 is 31.9 Å². The number of sulfone groups is 1. The first-order valence-corrected chi connectivity index (χ1v) is 9.72. The maximum Gasteiger partial charge on any atom is 0.150 e. The summed E-state index contributed by atoms with van der Waals surface area (Å²) < 4.78 is 29.5. The Morgan fingerprint density at radius 1 is 1.47 bits per heavy atom. The van der Waals surface area contributed by atoms with Crippen molar-refractivity contribution in [3.8, 4) is 5.75 Å². The molecule has 2 rings (SSSR count). The molecule has 6 heteroatoms. The third kappa shape index (κ3) is 3.73. The summed E-state index contributed by atoms with van der Waals surface area (Å²) in [6.07, 6.45) is 0.720. The molecule has 1 aromatic rings. The molecule has 1 aromatic carbocycles. The van der Waals surface area contributed by atoms with Gasteiger partial charge in [0.2, 0.25) is 0 Å². The molecule has 0 N–H and O–H groups in total. The van der Waals surface area contributed by atoms with Crippen LogP contribution in [0.4, 0.5) is 0 Å². The van der Waals surface area contributed by atoms with Crippen LogP contribution < -0.4 is 4.74 Å². The lowest BCUT2D eigenvalue weighted by Crippen LogP contribution is -2.10. The molecule has 0 radical (unpaired) electrons. The van der Waals surface area contributed by atoms with Crippen molar-refractivity contribution in [2.75, 3.05) is 18.1 Å². The zero-order chi connectivity index (χ0) is 14.0. The Morgan fingerprint density at radius 2 is 2.21 bits per heavy atom. The zero-order valence-electron chi connectivity index (χ0n) is 10.6. The third-order valence-corrected chi connectivity index (χ3v) is 6.98. The molecule has 0 amide bonds. The fourth-order valence-electron chi connectivity index (χ4n) is 2.30. The van der Waals surface area contributed by atoms with Gasteiger partial charge in [0.1, 0.15) is 5.75 Å². The summed E-state index contributed by atoms with van der Waals surface area (Å²) in [6.45, 7) is 2.57. The first-order valence-electron chi connectivity index (χ1n) is 6.19. The molecule has 0 bridgehead atoms. The van der Waals surface area contributed by atoms with Gasteiger partial charge in [-0.15, -0.1) is 0 Å². The molecule has 1 fully saturated rings. The van der Waals surface area contributed by atoms with E-state index in [1.807, 2.05) is 25.1 Å². The Balaban J connectivity index is 2.18. The number of hydrogen-bond acceptors (Lipinski definition) is 3. The number of rotatable bonds is 4. The normalized spacial score (nSPS) is 23.2. The van der Waals surface area contributed by atoms with Gasteiger partial charge in [-0.2, -0.15) is 0 Å². The molecule has 2 unspecified atom stereocenters. The predicted octanol–water partition coefficient (Wildman–Crippen LogP) is 3.72. The van der Waals surface area contributed by atoms with Gasteiger partial charge in [-0.05, 0) is 37.0 Å². The lowest BCUT2D eigenvalue weighted by molar-refractivity contribution is 0.340. The number of alkyl halides is 1. The highest BCUT2D eigenvalue weighted by atomic mass is 79.9. The van der Waals surface area contributed by atoms with Gasteiger partial charge in [0.15, 0.2) is 9.84 Å². The number of benzene rings is 1. The molecule has 1 saturated heterocycles. The van der Waals surface area contributed by atoms with Crippen LogP contribution in [0, 0.1) is 5.92 Å². The van der Waals surface area contributed by atoms with Crippen LogP contribution in [-0.4, -0.2) is 26.5 Å². The number of halogens is 2. The van der Waals surface area contributed by atoms with Gasteiger partial charge in [0, 0.05) is 9.30 Å². The average Bonchev–Trinajstić information content (AvgIpc) is 2.70. The van der Waals surface area contributed by atoms with Crippen molar-refractivity contribution in [2.24, 2.45) is 5.92 Å². The van der Waals surface area contributed by atoms with Crippen LogP contribution in [0.25, 0.3) is 0 Å². The highest BCUT2D eigenvalue weighted by molar-refractivity contribution is 9.11. The number of ether oxygens (including phenoxy) is 1. The Hall–Kier alpha value is -0.0700. The Labute approximate surface area is 130 Å². The van der Waals surface area contributed by atoms with Crippen molar-refractivity contribution in [1.29, 1.82) is 0 Å². The Bertz CT molecular complexity index is 557. The van der Waals surface area contributed by atoms with E-state index in [-0.39, 0.29) is 16.5 Å². The smallest absolute Gasteiger partial charge is 0.150 e. The van der Waals surface area contributed by atoms with E-state index in [9.17, 15) is 8.42 Å². The standard InChI is InChI=1S/C13H16Br2O3S/c1-2-18-10-3-4-11(12(14)7-10)13(15)9-5-6-19(16,17)8-9/h3-4,7,9,13H,2,5-6,8H2,1H3. The lowest BCUT2D eigenvalue weighted by atomic mass is 9.99. The van der Waals surface area contributed by atoms with E-state index in [4.69, 9.17) is 4.74 Å². The summed E-state index contributed by atoms with van der Waals surface area (Å²) in [5.74, 6) is 1.52. The second kappa shape index (κ2) is 6.14. The molecular weight excluding hydrogens is 396 g/mol. The van der Waals surface area contributed by atoms with Crippen LogP contribution in [0.2, 0.25) is 0 Å². The Morgan fingerprint density at radius 3 is 2.74 bits per heavy atom. The van der Waals surface area contributed by atoms with Crippen LogP contribution in [0.3, 0.4) is 0 Å². The van der Waals surface area contributed by atoms with E-state index in [0.29, 0.717) is 12.4 Å². The van der Waals surface area contributed by atoms with Crippen molar-refractivity contribution < 1.29 is 13.2 Å². The first-order chi connectivity index (χ1) is 8.93. The fourth-order valence-corrected chi connectivity index (χ4v) is 6.15. The third-order valence-electron chi connectivity index (χ3n) is 3.26. The molecule has 3 nitrogen and oxygen atoms in total. The summed E-state index contributed by atoms with van der Waals surface area (Å²) in [6, 6.07) is 5.83. The average molecular weight is 412 g/mol. The summed E-state index contributed by atoms with van der Waals surface area (Å²) >= 11 is 7.18. The van der Waals surface area contributed by atoms with Crippen LogP contribution in [0.5, 0.6) is 5.75 Å². The van der Waals surface area contributed by atoms with E-state index in [1.54, 1.807) is 0 Å². The summed E-state index contributed by atoms with van der Waals surface area (Å²) in [5.41, 5.74) is 1.07. The topological polar surface area (TPSA) is 43.4 Å². The summed E-state index contributed by atoms with van der Waals surface area (Å²) in [5, 5.41) is 0. The minimum Gasteiger partial charge on any atom is -0.494 e. The van der Waals surface area contributed by atoms with Crippen molar-refractivity contribution in [1.82, 2.24) is 0 Å². The molecule has 0 saturated carbocycles. The first kappa shape index (κ1) is 15.3. The molecule has 106 valence electrons. The quantitative estimate of drug-likeness (QED) is 0.709. The SMILES string of the molecule is CCOc1ccc(C(Br)C2CCS(=O)(=O)C2)c(Br)c1. The maximum atomic E-state index is 11.5. The highest BCUT2D eigenvalue weighted by Crippen LogP contribution is 2.41. The van der Waals surface area contributed by atoms with Crippen molar-refractivity contribution >= 4 is 41.7 Å². The van der Waals surface area contributed by atoms with Gasteiger partial charge >= 0.3 is 0 Å². The van der Waals surface area contributed by atoms with E-state index in [1.165, 1.54) is 0 Å². The maximum absolute atomic E-state index is 11.5. The molecule has 0 aromatic heterocycles. The zero-order valence-corrected chi connectivity index (χ0v) is 14.6. The largest absolute Gasteiger partial charge is 0.494 e. The molecule has 1 aliphatic rings. The second-order valence-corrected chi connectivity index (χ2v) is 8.75. The van der Waals surface area contributed by atoms with E-state index in [2.05, 4.69) is 31.9 Å². The van der Waals surface area contributed by atoms with Gasteiger partial charge in [0.05, 0.1) is 18.1 Å². The van der Waals surface area contributed by atoms with Crippen molar-refractivity contribution in [2.45, 2.75) is 18.2 Å². The van der Waals surface area contributed by atoms with Crippen molar-refractivity contribution in [3.63, 3.8) is 0 Å². The summed E-state index contributed by atoms with van der Waals surface area (Å²) in [7, 11) is -2.85. The molecule has 0 aliphatic carbocycles. The van der Waals surface area contributed by atoms with Gasteiger partial charge < -0.3 is 4.74 Å². The van der Waals surface area contributed by atoms with E-state index in [0.717, 1.165) is 22.2 Å². The van der Waals surface area contributed by atoms with Gasteiger partial charge in [-0.25, -0.2) is 8.42 Å². The molecule has 19 heavy (non-hydrogen) atoms. The van der Waals surface area contributed by atoms with Gasteiger partial charge in [0.25, 0.3) is 0 Å². The minimum atomic E-state index is -2.85. The molecule has 1 aliphatic heterocycles. The second-order valence-electron chi connectivity index (χ2n) is 4.68. The predicted molar refractivity (Wildman–Crippen MR) is 83.7 cm³/mol. The molecule has 1 heterocycles. The monoisotopic (exact) mass is 410 g/mol. The molecule has 0 spiro atoms. The van der Waals surface area contributed by atoms with E-state index < -0.39 is 9.84 Å². The van der Waals surface area contributed by atoms with Crippen molar-refractivity contribution in [3.05, 3.63) is 28.2 Å². The fraction of sp³-hybridized carbons (Fsp3) is 0.538.